The predicted molar refractivity (Wildman–Crippen MR) is 166 cm³/mol. The van der Waals surface area contributed by atoms with Gasteiger partial charge in [0.2, 0.25) is 5.91 Å². The molecule has 1 aliphatic heterocycles. The van der Waals surface area contributed by atoms with Gasteiger partial charge >= 0.3 is 0 Å². The highest BCUT2D eigenvalue weighted by Gasteiger charge is 2.39. The van der Waals surface area contributed by atoms with Gasteiger partial charge in [0.05, 0.1) is 17.5 Å². The van der Waals surface area contributed by atoms with Crippen LogP contribution in [-0.2, 0) is 33.7 Å². The molecule has 1 unspecified atom stereocenters. The molecule has 3 N–H and O–H groups in total. The molecule has 0 saturated carbocycles. The minimum atomic E-state index is -1.01. The fourth-order valence-corrected chi connectivity index (χ4v) is 6.14. The number of nitrogens with one attached hydrogen (secondary N) is 3. The van der Waals surface area contributed by atoms with Crippen molar-refractivity contribution in [2.24, 2.45) is 5.41 Å². The van der Waals surface area contributed by atoms with Gasteiger partial charge in [0.1, 0.15) is 21.5 Å². The van der Waals surface area contributed by atoms with E-state index in [0.717, 1.165) is 15.6 Å². The Balaban J connectivity index is 1.49. The fraction of sp³-hybridized carbons (Fsp3) is 0.419. The highest BCUT2D eigenvalue weighted by Crippen LogP contribution is 2.31. The summed E-state index contributed by atoms with van der Waals surface area (Å²) in [5, 5.41) is 24.3. The van der Waals surface area contributed by atoms with Crippen LogP contribution < -0.4 is 20.7 Å². The summed E-state index contributed by atoms with van der Waals surface area (Å²) in [6.45, 7) is 3.19. The first kappa shape index (κ1) is 31.1. The molecule has 0 saturated heterocycles. The number of carbonyl (C=O) groups excluding carboxylic acids is 3. The average molecular weight is 620 g/mol. The standard InChI is InChI=1S/C31H37N7O5S/c1-21-35-36-27(44-21)11-13-33-30(41)31(12-6-16-42-2)18-22-7-5-8-23(17-22)43-19-26(39)32-14-15-38-28(29(40)34-20-31)24-9-3-4-10-25(24)37-38/h3-5,7-10,17H,6,11-16,18-20H2,1-2H3,(H,32,39)(H,33,41)(H,34,40). The summed E-state index contributed by atoms with van der Waals surface area (Å²) < 4.78 is 12.8. The summed E-state index contributed by atoms with van der Waals surface area (Å²) in [7, 11) is 1.63. The summed E-state index contributed by atoms with van der Waals surface area (Å²) in [5.74, 6) is -0.292. The summed E-state index contributed by atoms with van der Waals surface area (Å²) in [6.07, 6.45) is 1.93. The van der Waals surface area contributed by atoms with Crippen LogP contribution in [0, 0.1) is 12.3 Å². The topological polar surface area (TPSA) is 149 Å². The first-order valence-corrected chi connectivity index (χ1v) is 15.5. The lowest BCUT2D eigenvalue weighted by Gasteiger charge is -2.33. The van der Waals surface area contributed by atoms with Gasteiger partial charge in [-0.25, -0.2) is 0 Å². The van der Waals surface area contributed by atoms with E-state index in [1.165, 1.54) is 11.3 Å². The molecular formula is C31H37N7O5S. The van der Waals surface area contributed by atoms with Crippen molar-refractivity contribution in [3.8, 4) is 5.75 Å². The Hall–Kier alpha value is -4.36. The molecule has 3 amide bonds. The van der Waals surface area contributed by atoms with Crippen molar-refractivity contribution in [1.29, 1.82) is 0 Å². The van der Waals surface area contributed by atoms with Crippen LogP contribution in [0.1, 0.15) is 38.9 Å². The molecule has 1 atom stereocenters. The number of amides is 3. The molecule has 232 valence electrons. The highest BCUT2D eigenvalue weighted by atomic mass is 32.1. The van der Waals surface area contributed by atoms with Crippen LogP contribution >= 0.6 is 11.3 Å². The molecule has 1 aliphatic rings. The molecule has 13 heteroatoms. The number of aromatic nitrogens is 4. The molecule has 0 fully saturated rings. The van der Waals surface area contributed by atoms with Crippen LogP contribution in [0.25, 0.3) is 10.9 Å². The van der Waals surface area contributed by atoms with Gasteiger partial charge in [0, 0.05) is 45.2 Å². The number of hydrogen-bond donors (Lipinski definition) is 3. The Morgan fingerprint density at radius 3 is 2.84 bits per heavy atom. The lowest BCUT2D eigenvalue weighted by atomic mass is 9.76. The maximum atomic E-state index is 14.2. The van der Waals surface area contributed by atoms with E-state index in [-0.39, 0.29) is 44.0 Å². The number of methoxy groups -OCH3 is 1. The zero-order valence-electron chi connectivity index (χ0n) is 24.9. The number of fused-ring (bicyclic) bond motifs is 5. The van der Waals surface area contributed by atoms with Crippen LogP contribution in [-0.4, -0.2) is 77.7 Å². The lowest BCUT2D eigenvalue weighted by molar-refractivity contribution is -0.131. The van der Waals surface area contributed by atoms with E-state index in [0.29, 0.717) is 61.2 Å². The number of benzene rings is 2. The summed E-state index contributed by atoms with van der Waals surface area (Å²) in [6, 6.07) is 14.8. The van der Waals surface area contributed by atoms with Gasteiger partial charge in [-0.3, -0.25) is 19.1 Å². The average Bonchev–Trinajstić information content (AvgIpc) is 3.61. The second kappa shape index (κ2) is 14.4. The van der Waals surface area contributed by atoms with Gasteiger partial charge in [-0.15, -0.1) is 21.5 Å². The van der Waals surface area contributed by atoms with E-state index in [1.807, 2.05) is 49.4 Å². The van der Waals surface area contributed by atoms with E-state index in [1.54, 1.807) is 17.9 Å². The quantitative estimate of drug-likeness (QED) is 0.255. The molecule has 2 aromatic carbocycles. The third-order valence-corrected chi connectivity index (χ3v) is 8.48. The van der Waals surface area contributed by atoms with Crippen LogP contribution in [0.4, 0.5) is 0 Å². The Morgan fingerprint density at radius 1 is 1.16 bits per heavy atom. The predicted octanol–water partition coefficient (Wildman–Crippen LogP) is 2.45. The fourth-order valence-electron chi connectivity index (χ4n) is 5.43. The van der Waals surface area contributed by atoms with E-state index in [9.17, 15) is 14.4 Å². The normalized spacial score (nSPS) is 17.8. The van der Waals surface area contributed by atoms with Crippen molar-refractivity contribution in [2.45, 2.75) is 39.2 Å². The van der Waals surface area contributed by atoms with Gasteiger partial charge in [0.25, 0.3) is 11.8 Å². The minimum Gasteiger partial charge on any atom is -0.484 e. The Morgan fingerprint density at radius 2 is 2.02 bits per heavy atom. The van der Waals surface area contributed by atoms with Crippen molar-refractivity contribution >= 4 is 40.0 Å². The zero-order valence-corrected chi connectivity index (χ0v) is 25.7. The Bertz CT molecular complexity index is 1620. The summed E-state index contributed by atoms with van der Waals surface area (Å²) >= 11 is 1.50. The minimum absolute atomic E-state index is 0.0840. The number of ether oxygens (including phenoxy) is 2. The van der Waals surface area contributed by atoms with Crippen LogP contribution in [0.5, 0.6) is 5.75 Å². The summed E-state index contributed by atoms with van der Waals surface area (Å²) in [5.41, 5.74) is 0.862. The van der Waals surface area contributed by atoms with E-state index in [4.69, 9.17) is 9.47 Å². The molecule has 44 heavy (non-hydrogen) atoms. The van der Waals surface area contributed by atoms with Gasteiger partial charge < -0.3 is 25.4 Å². The number of aryl methyl sites for hydroxylation is 1. The SMILES string of the molecule is COCCCC1(C(=O)NCCc2nnc(C)s2)CNC(=O)c2c3ccccc3nn2CCNC(=O)COc2cccc(c2)C1. The van der Waals surface area contributed by atoms with Gasteiger partial charge in [0.15, 0.2) is 6.61 Å². The van der Waals surface area contributed by atoms with E-state index >= 15 is 0 Å². The molecule has 0 radical (unpaired) electrons. The second-order valence-corrected chi connectivity index (χ2v) is 12.1. The molecule has 12 nitrogen and oxygen atoms in total. The van der Waals surface area contributed by atoms with Crippen molar-refractivity contribution < 1.29 is 23.9 Å². The third-order valence-electron chi connectivity index (χ3n) is 7.58. The first-order chi connectivity index (χ1) is 21.4. The molecule has 0 spiro atoms. The largest absolute Gasteiger partial charge is 0.484 e. The molecule has 0 aliphatic carbocycles. The zero-order chi connectivity index (χ0) is 30.9. The molecule has 5 rings (SSSR count). The number of carbonyl (C=O) groups is 3. The molecule has 3 heterocycles. The van der Waals surface area contributed by atoms with E-state index < -0.39 is 5.41 Å². The monoisotopic (exact) mass is 619 g/mol. The number of rotatable bonds is 8. The lowest BCUT2D eigenvalue weighted by Crippen LogP contribution is -2.50. The van der Waals surface area contributed by atoms with Gasteiger partial charge in [-0.1, -0.05) is 30.3 Å². The number of nitrogens with zero attached hydrogens (tertiary/aromatic N) is 4. The van der Waals surface area contributed by atoms with Crippen LogP contribution in [0.15, 0.2) is 48.5 Å². The van der Waals surface area contributed by atoms with Crippen molar-refractivity contribution in [2.75, 3.05) is 40.0 Å². The maximum Gasteiger partial charge on any atom is 0.270 e. The van der Waals surface area contributed by atoms with Gasteiger partial charge in [-0.2, -0.15) is 5.10 Å². The smallest absolute Gasteiger partial charge is 0.270 e. The van der Waals surface area contributed by atoms with Crippen molar-refractivity contribution in [3.63, 3.8) is 0 Å². The van der Waals surface area contributed by atoms with Crippen LogP contribution in [0.3, 0.4) is 0 Å². The molecule has 4 aromatic rings. The van der Waals surface area contributed by atoms with Gasteiger partial charge in [-0.05, 0) is 49.9 Å². The Labute approximate surface area is 259 Å². The number of hydrogen-bond acceptors (Lipinski definition) is 9. The third kappa shape index (κ3) is 7.58. The first-order valence-electron chi connectivity index (χ1n) is 14.7. The van der Waals surface area contributed by atoms with Crippen molar-refractivity contribution in [1.82, 2.24) is 35.9 Å². The second-order valence-electron chi connectivity index (χ2n) is 10.8. The Kier molecular flexibility index (Phi) is 10.2. The highest BCUT2D eigenvalue weighted by molar-refractivity contribution is 7.11. The molecular weight excluding hydrogens is 582 g/mol. The maximum absolute atomic E-state index is 14.2. The molecule has 2 bridgehead atoms. The summed E-state index contributed by atoms with van der Waals surface area (Å²) in [4.78, 5) is 40.6. The van der Waals surface area contributed by atoms with Crippen LogP contribution in [0.2, 0.25) is 0 Å². The van der Waals surface area contributed by atoms with Crippen molar-refractivity contribution in [3.05, 3.63) is 69.8 Å². The molecule has 2 aromatic heterocycles. The van der Waals surface area contributed by atoms with E-state index in [2.05, 4.69) is 31.2 Å².